The van der Waals surface area contributed by atoms with Crippen molar-refractivity contribution in [2.45, 2.75) is 33.6 Å². The molecule has 3 aromatic rings. The second-order valence-corrected chi connectivity index (χ2v) is 6.31. The number of aromatic amines is 1. The average Bonchev–Trinajstić information content (AvgIpc) is 3.00. The highest BCUT2D eigenvalue weighted by molar-refractivity contribution is 5.76. The minimum Gasteiger partial charge on any atom is -0.507 e. The Morgan fingerprint density at radius 1 is 1.08 bits per heavy atom. The van der Waals surface area contributed by atoms with Crippen LogP contribution in [0.4, 0.5) is 0 Å². The number of rotatable bonds is 6. The van der Waals surface area contributed by atoms with E-state index in [1.54, 1.807) is 13.2 Å². The molecule has 2 N–H and O–H groups in total. The summed E-state index contributed by atoms with van der Waals surface area (Å²) in [6, 6.07) is 11.7. The number of H-pyrrole nitrogens is 1. The zero-order chi connectivity index (χ0) is 18.7. The van der Waals surface area contributed by atoms with Crippen LogP contribution in [0.3, 0.4) is 0 Å². The van der Waals surface area contributed by atoms with E-state index in [-0.39, 0.29) is 5.75 Å². The van der Waals surface area contributed by atoms with Gasteiger partial charge in [-0.3, -0.25) is 5.10 Å². The summed E-state index contributed by atoms with van der Waals surface area (Å²) in [5.41, 5.74) is 3.92. The minimum absolute atomic E-state index is 0.138. The van der Waals surface area contributed by atoms with Crippen LogP contribution in [0, 0.1) is 13.8 Å². The Hall–Kier alpha value is -2.95. The molecule has 136 valence electrons. The second-order valence-electron chi connectivity index (χ2n) is 6.31. The van der Waals surface area contributed by atoms with Gasteiger partial charge in [0.05, 0.1) is 12.8 Å². The van der Waals surface area contributed by atoms with Gasteiger partial charge < -0.3 is 14.6 Å². The van der Waals surface area contributed by atoms with E-state index in [0.717, 1.165) is 24.3 Å². The smallest absolute Gasteiger partial charge is 0.176 e. The first-order chi connectivity index (χ1) is 12.5. The van der Waals surface area contributed by atoms with E-state index in [4.69, 9.17) is 9.47 Å². The van der Waals surface area contributed by atoms with Crippen LogP contribution in [0.25, 0.3) is 11.3 Å². The number of aryl methyl sites for hydroxylation is 2. The number of phenolic OH excluding ortho intramolecular Hbond substituents is 1. The molecule has 0 fully saturated rings. The van der Waals surface area contributed by atoms with Gasteiger partial charge in [-0.2, -0.15) is 5.10 Å². The third-order valence-corrected chi connectivity index (χ3v) is 4.43. The van der Waals surface area contributed by atoms with E-state index in [2.05, 4.69) is 29.3 Å². The van der Waals surface area contributed by atoms with Crippen molar-refractivity contribution in [2.24, 2.45) is 0 Å². The van der Waals surface area contributed by atoms with Crippen LogP contribution in [0.2, 0.25) is 0 Å². The number of hydrogen-bond donors (Lipinski definition) is 2. The number of aromatic nitrogens is 2. The average molecular weight is 352 g/mol. The van der Waals surface area contributed by atoms with Crippen molar-refractivity contribution >= 4 is 0 Å². The van der Waals surface area contributed by atoms with Crippen LogP contribution >= 0.6 is 0 Å². The Bertz CT molecular complexity index is 898. The van der Waals surface area contributed by atoms with Gasteiger partial charge in [-0.1, -0.05) is 25.5 Å². The number of ether oxygens (including phenoxy) is 2. The van der Waals surface area contributed by atoms with Crippen molar-refractivity contribution in [1.29, 1.82) is 0 Å². The minimum atomic E-state index is 0.138. The summed E-state index contributed by atoms with van der Waals surface area (Å²) in [5.74, 6) is 2.11. The Morgan fingerprint density at radius 3 is 2.46 bits per heavy atom. The van der Waals surface area contributed by atoms with Crippen LogP contribution in [0.5, 0.6) is 23.0 Å². The number of nitrogens with zero attached hydrogens (tertiary/aromatic N) is 1. The summed E-state index contributed by atoms with van der Waals surface area (Å²) in [4.78, 5) is 0. The van der Waals surface area contributed by atoms with Gasteiger partial charge in [-0.05, 0) is 50.1 Å². The SMILES string of the molecule is CCCc1ccc(Oc2c(-c3ccc(OC)c(C)c3O)n[nH]c2C)cc1. The molecule has 0 atom stereocenters. The van der Waals surface area contributed by atoms with Crippen molar-refractivity contribution in [2.75, 3.05) is 7.11 Å². The predicted octanol–water partition coefficient (Wildman–Crippen LogP) is 5.15. The summed E-state index contributed by atoms with van der Waals surface area (Å²) in [6.45, 7) is 5.86. The Balaban J connectivity index is 1.96. The van der Waals surface area contributed by atoms with Gasteiger partial charge in [0.1, 0.15) is 22.9 Å². The maximum absolute atomic E-state index is 10.6. The highest BCUT2D eigenvalue weighted by atomic mass is 16.5. The number of benzene rings is 2. The fourth-order valence-electron chi connectivity index (χ4n) is 2.95. The molecule has 1 aromatic heterocycles. The van der Waals surface area contributed by atoms with Gasteiger partial charge in [0.15, 0.2) is 5.75 Å². The van der Waals surface area contributed by atoms with Crippen LogP contribution in [-0.4, -0.2) is 22.4 Å². The van der Waals surface area contributed by atoms with Crippen molar-refractivity contribution in [3.8, 4) is 34.3 Å². The Labute approximate surface area is 153 Å². The van der Waals surface area contributed by atoms with E-state index in [1.165, 1.54) is 5.56 Å². The lowest BCUT2D eigenvalue weighted by Crippen LogP contribution is -1.92. The largest absolute Gasteiger partial charge is 0.507 e. The molecule has 0 radical (unpaired) electrons. The Kier molecular flexibility index (Phi) is 5.16. The van der Waals surface area contributed by atoms with Crippen LogP contribution in [-0.2, 0) is 6.42 Å². The molecule has 0 aliphatic rings. The summed E-state index contributed by atoms with van der Waals surface area (Å²) in [7, 11) is 1.58. The number of phenols is 1. The van der Waals surface area contributed by atoms with Crippen molar-refractivity contribution in [3.63, 3.8) is 0 Å². The molecular formula is C21H24N2O3. The van der Waals surface area contributed by atoms with Crippen LogP contribution in [0.15, 0.2) is 36.4 Å². The first-order valence-electron chi connectivity index (χ1n) is 8.73. The summed E-state index contributed by atoms with van der Waals surface area (Å²) in [5, 5.41) is 17.9. The molecule has 0 amide bonds. The van der Waals surface area contributed by atoms with Gasteiger partial charge in [-0.25, -0.2) is 0 Å². The monoisotopic (exact) mass is 352 g/mol. The summed E-state index contributed by atoms with van der Waals surface area (Å²) in [6.07, 6.45) is 2.16. The molecule has 5 nitrogen and oxygen atoms in total. The maximum Gasteiger partial charge on any atom is 0.176 e. The van der Waals surface area contributed by atoms with E-state index in [9.17, 15) is 5.11 Å². The quantitative estimate of drug-likeness (QED) is 0.643. The molecular weight excluding hydrogens is 328 g/mol. The molecule has 5 heteroatoms. The van der Waals surface area contributed by atoms with Crippen molar-refractivity contribution in [1.82, 2.24) is 10.2 Å². The molecule has 26 heavy (non-hydrogen) atoms. The molecule has 0 unspecified atom stereocenters. The third kappa shape index (κ3) is 3.38. The number of methoxy groups -OCH3 is 1. The molecule has 0 aliphatic carbocycles. The van der Waals surface area contributed by atoms with E-state index >= 15 is 0 Å². The van der Waals surface area contributed by atoms with Gasteiger partial charge in [0.25, 0.3) is 0 Å². The van der Waals surface area contributed by atoms with E-state index < -0.39 is 0 Å². The van der Waals surface area contributed by atoms with E-state index in [1.807, 2.05) is 32.0 Å². The predicted molar refractivity (Wildman–Crippen MR) is 102 cm³/mol. The molecule has 0 saturated carbocycles. The van der Waals surface area contributed by atoms with Gasteiger partial charge in [0, 0.05) is 11.1 Å². The van der Waals surface area contributed by atoms with Gasteiger partial charge >= 0.3 is 0 Å². The Morgan fingerprint density at radius 2 is 1.81 bits per heavy atom. The lowest BCUT2D eigenvalue weighted by atomic mass is 10.0. The van der Waals surface area contributed by atoms with Crippen LogP contribution in [0.1, 0.15) is 30.2 Å². The first kappa shape index (κ1) is 17.9. The molecule has 3 rings (SSSR count). The third-order valence-electron chi connectivity index (χ3n) is 4.43. The second kappa shape index (κ2) is 7.52. The highest BCUT2D eigenvalue weighted by Crippen LogP contribution is 2.42. The standard InChI is InChI=1S/C21H24N2O3/c1-5-6-15-7-9-16(10-8-15)26-21-14(3)22-23-19(21)17-11-12-18(25-4)13(2)20(17)24/h7-12,24H,5-6H2,1-4H3,(H,22,23). The molecule has 0 spiro atoms. The number of nitrogens with one attached hydrogen (secondary N) is 1. The van der Waals surface area contributed by atoms with E-state index in [0.29, 0.717) is 28.3 Å². The zero-order valence-electron chi connectivity index (χ0n) is 15.6. The van der Waals surface area contributed by atoms with Crippen LogP contribution < -0.4 is 9.47 Å². The molecule has 0 aliphatic heterocycles. The lowest BCUT2D eigenvalue weighted by molar-refractivity contribution is 0.403. The van der Waals surface area contributed by atoms with Crippen molar-refractivity contribution in [3.05, 3.63) is 53.2 Å². The zero-order valence-corrected chi connectivity index (χ0v) is 15.6. The van der Waals surface area contributed by atoms with Gasteiger partial charge in [-0.15, -0.1) is 0 Å². The topological polar surface area (TPSA) is 67.4 Å². The van der Waals surface area contributed by atoms with Gasteiger partial charge in [0.2, 0.25) is 0 Å². The lowest BCUT2D eigenvalue weighted by Gasteiger charge is -2.12. The molecule has 0 bridgehead atoms. The highest BCUT2D eigenvalue weighted by Gasteiger charge is 2.20. The molecule has 0 saturated heterocycles. The number of aromatic hydroxyl groups is 1. The fraction of sp³-hybridized carbons (Fsp3) is 0.286. The summed E-state index contributed by atoms with van der Waals surface area (Å²) < 4.78 is 11.3. The maximum atomic E-state index is 10.6. The summed E-state index contributed by atoms with van der Waals surface area (Å²) >= 11 is 0. The normalized spacial score (nSPS) is 10.8. The molecule has 1 heterocycles. The van der Waals surface area contributed by atoms with Crippen molar-refractivity contribution < 1.29 is 14.6 Å². The number of hydrogen-bond acceptors (Lipinski definition) is 4. The first-order valence-corrected chi connectivity index (χ1v) is 8.73. The molecule has 2 aromatic carbocycles. The fourth-order valence-corrected chi connectivity index (χ4v) is 2.95.